The summed E-state index contributed by atoms with van der Waals surface area (Å²) in [5.41, 5.74) is -0.00948. The molecule has 0 saturated carbocycles. The second kappa shape index (κ2) is 5.30. The molecule has 1 aliphatic rings. The molecule has 4 aromatic rings. The normalized spacial score (nSPS) is 20.4. The van der Waals surface area contributed by atoms with Crippen LogP contribution in [0, 0.1) is 5.41 Å². The number of Topliss-reactive ketones (excluding diaryl/α,β-unsaturated/α-hetero) is 1. The Morgan fingerprint density at radius 3 is 2.33 bits per heavy atom. The van der Waals surface area contributed by atoms with Crippen molar-refractivity contribution in [3.63, 3.8) is 0 Å². The van der Waals surface area contributed by atoms with Crippen LogP contribution in [0.1, 0.15) is 44.7 Å². The smallest absolute Gasteiger partial charge is 0.174 e. The minimum atomic E-state index is -1.39. The molecule has 0 aliphatic heterocycles. The number of aryl methyl sites for hydroxylation is 1. The van der Waals surface area contributed by atoms with Crippen molar-refractivity contribution >= 4 is 38.1 Å². The van der Waals surface area contributed by atoms with Crippen molar-refractivity contribution in [3.8, 4) is 0 Å². The Hall–Kier alpha value is -2.45. The lowest BCUT2D eigenvalue weighted by Gasteiger charge is -2.38. The third-order valence-electron chi connectivity index (χ3n) is 6.23. The predicted molar refractivity (Wildman–Crippen MR) is 111 cm³/mol. The van der Waals surface area contributed by atoms with Crippen LogP contribution in [-0.4, -0.2) is 10.9 Å². The molecule has 1 N–H and O–H groups in total. The molecule has 0 amide bonds. The molecule has 0 radical (unpaired) electrons. The third-order valence-corrected chi connectivity index (χ3v) is 6.23. The van der Waals surface area contributed by atoms with Gasteiger partial charge in [0.05, 0.1) is 0 Å². The van der Waals surface area contributed by atoms with Crippen molar-refractivity contribution in [2.75, 3.05) is 0 Å². The summed E-state index contributed by atoms with van der Waals surface area (Å²) < 4.78 is 0. The van der Waals surface area contributed by atoms with E-state index in [0.717, 1.165) is 29.4 Å². The zero-order chi connectivity index (χ0) is 19.0. The molecule has 0 saturated heterocycles. The second-order valence-electron chi connectivity index (χ2n) is 9.05. The van der Waals surface area contributed by atoms with Crippen LogP contribution in [0.2, 0.25) is 0 Å². The highest BCUT2D eigenvalue weighted by molar-refractivity contribution is 6.24. The van der Waals surface area contributed by atoms with Crippen LogP contribution in [0.5, 0.6) is 0 Å². The molecule has 1 unspecified atom stereocenters. The number of hydrogen-bond acceptors (Lipinski definition) is 2. The van der Waals surface area contributed by atoms with Crippen LogP contribution in [0.15, 0.2) is 48.5 Å². The number of rotatable bonds is 1. The van der Waals surface area contributed by atoms with Crippen LogP contribution in [0.25, 0.3) is 32.3 Å². The van der Waals surface area contributed by atoms with E-state index in [4.69, 9.17) is 0 Å². The van der Waals surface area contributed by atoms with E-state index in [9.17, 15) is 9.90 Å². The highest BCUT2D eigenvalue weighted by atomic mass is 16.3. The average molecular weight is 356 g/mol. The van der Waals surface area contributed by atoms with Crippen LogP contribution >= 0.6 is 0 Å². The zero-order valence-electron chi connectivity index (χ0n) is 16.1. The summed E-state index contributed by atoms with van der Waals surface area (Å²) in [5.74, 6) is -0.0798. The summed E-state index contributed by atoms with van der Waals surface area (Å²) in [6, 6.07) is 17.1. The van der Waals surface area contributed by atoms with Gasteiger partial charge < -0.3 is 5.11 Å². The standard InChI is InChI=1S/C25H24O2/c1-24(2,3)23(26)25(27)13-5-8-18-19-12-11-16-7-4-6-15-9-10-17(14-20(18)25)22(19)21(15)16/h4,6-7,9-12,14,27H,5,8,13H2,1-3H3. The first-order valence-electron chi connectivity index (χ1n) is 9.78. The monoisotopic (exact) mass is 356 g/mol. The van der Waals surface area contributed by atoms with Gasteiger partial charge in [-0.25, -0.2) is 0 Å². The van der Waals surface area contributed by atoms with Gasteiger partial charge in [0.25, 0.3) is 0 Å². The number of hydrogen-bond donors (Lipinski definition) is 1. The summed E-state index contributed by atoms with van der Waals surface area (Å²) in [6.45, 7) is 5.69. The van der Waals surface area contributed by atoms with Crippen LogP contribution in [-0.2, 0) is 16.8 Å². The van der Waals surface area contributed by atoms with Crippen LogP contribution in [0.4, 0.5) is 0 Å². The van der Waals surface area contributed by atoms with Crippen LogP contribution in [0.3, 0.4) is 0 Å². The Morgan fingerprint density at radius 2 is 1.63 bits per heavy atom. The molecule has 27 heavy (non-hydrogen) atoms. The molecule has 4 aromatic carbocycles. The van der Waals surface area contributed by atoms with E-state index >= 15 is 0 Å². The first-order chi connectivity index (χ1) is 12.8. The molecule has 0 heterocycles. The number of carbonyl (C=O) groups is 1. The maximum Gasteiger partial charge on any atom is 0.174 e. The fraction of sp³-hybridized carbons (Fsp3) is 0.320. The van der Waals surface area contributed by atoms with Gasteiger partial charge in [0.15, 0.2) is 5.78 Å². The minimum absolute atomic E-state index is 0.0798. The predicted octanol–water partition coefficient (Wildman–Crippen LogP) is 5.72. The van der Waals surface area contributed by atoms with Crippen LogP contribution < -0.4 is 0 Å². The molecule has 1 aliphatic carbocycles. The Labute approximate surface area is 159 Å². The van der Waals surface area contributed by atoms with Gasteiger partial charge in [-0.2, -0.15) is 0 Å². The Morgan fingerprint density at radius 1 is 0.963 bits per heavy atom. The quantitative estimate of drug-likeness (QED) is 0.443. The van der Waals surface area contributed by atoms with E-state index in [1.165, 1.54) is 26.9 Å². The number of ketones is 1. The van der Waals surface area contributed by atoms with E-state index in [-0.39, 0.29) is 5.78 Å². The summed E-state index contributed by atoms with van der Waals surface area (Å²) in [7, 11) is 0. The van der Waals surface area contributed by atoms with Gasteiger partial charge in [-0.3, -0.25) is 4.79 Å². The molecular formula is C25H24O2. The summed E-state index contributed by atoms with van der Waals surface area (Å²) in [6.07, 6.45) is 2.24. The van der Waals surface area contributed by atoms with Crippen molar-refractivity contribution < 1.29 is 9.90 Å². The van der Waals surface area contributed by atoms with Gasteiger partial charge >= 0.3 is 0 Å². The second-order valence-corrected chi connectivity index (χ2v) is 9.05. The highest BCUT2D eigenvalue weighted by Gasteiger charge is 2.46. The first kappa shape index (κ1) is 16.7. The summed E-state index contributed by atoms with van der Waals surface area (Å²) in [4.78, 5) is 13.2. The van der Waals surface area contributed by atoms with E-state index < -0.39 is 11.0 Å². The SMILES string of the molecule is CC(C)(C)C(=O)C1(O)CCCc2c1cc1ccc3cccc4ccc2c1c34. The number of aliphatic hydroxyl groups is 1. The Bertz CT molecular complexity index is 1200. The van der Waals surface area contributed by atoms with Crippen molar-refractivity contribution in [3.05, 3.63) is 59.7 Å². The van der Waals surface area contributed by atoms with E-state index in [2.05, 4.69) is 48.5 Å². The molecule has 0 aromatic heterocycles. The number of fused-ring (bicyclic) bond motifs is 2. The first-order valence-corrected chi connectivity index (χ1v) is 9.78. The van der Waals surface area contributed by atoms with E-state index in [1.807, 2.05) is 20.8 Å². The van der Waals surface area contributed by atoms with Crippen molar-refractivity contribution in [2.24, 2.45) is 5.41 Å². The van der Waals surface area contributed by atoms with Gasteiger partial charge in [0.2, 0.25) is 0 Å². The summed E-state index contributed by atoms with van der Waals surface area (Å²) in [5, 5.41) is 18.9. The Kier molecular flexibility index (Phi) is 3.28. The van der Waals surface area contributed by atoms with Crippen molar-refractivity contribution in [1.29, 1.82) is 0 Å². The molecule has 2 nitrogen and oxygen atoms in total. The average Bonchev–Trinajstić information content (AvgIpc) is 2.65. The third kappa shape index (κ3) is 2.20. The molecule has 1 atom stereocenters. The zero-order valence-corrected chi connectivity index (χ0v) is 16.1. The molecule has 0 bridgehead atoms. The topological polar surface area (TPSA) is 37.3 Å². The molecule has 0 fully saturated rings. The van der Waals surface area contributed by atoms with E-state index in [0.29, 0.717) is 6.42 Å². The molecule has 0 spiro atoms. The lowest BCUT2D eigenvalue weighted by Crippen LogP contribution is -2.45. The fourth-order valence-electron chi connectivity index (χ4n) is 5.02. The lowest BCUT2D eigenvalue weighted by molar-refractivity contribution is -0.148. The molecule has 136 valence electrons. The van der Waals surface area contributed by atoms with Gasteiger partial charge in [0, 0.05) is 5.41 Å². The number of benzene rings is 4. The van der Waals surface area contributed by atoms with Crippen molar-refractivity contribution in [1.82, 2.24) is 0 Å². The maximum absolute atomic E-state index is 13.2. The van der Waals surface area contributed by atoms with E-state index in [1.54, 1.807) is 0 Å². The molecular weight excluding hydrogens is 332 g/mol. The number of carbonyl (C=O) groups excluding carboxylic acids is 1. The summed E-state index contributed by atoms with van der Waals surface area (Å²) >= 11 is 0. The van der Waals surface area contributed by atoms with Gasteiger partial charge in [-0.15, -0.1) is 0 Å². The largest absolute Gasteiger partial charge is 0.377 e. The highest BCUT2D eigenvalue weighted by Crippen LogP contribution is 2.46. The Balaban J connectivity index is 1.90. The molecule has 2 heteroatoms. The fourth-order valence-corrected chi connectivity index (χ4v) is 5.02. The van der Waals surface area contributed by atoms with Gasteiger partial charge in [-0.1, -0.05) is 63.2 Å². The van der Waals surface area contributed by atoms with Gasteiger partial charge in [-0.05, 0) is 68.8 Å². The lowest BCUT2D eigenvalue weighted by atomic mass is 9.68. The maximum atomic E-state index is 13.2. The van der Waals surface area contributed by atoms with Gasteiger partial charge in [0.1, 0.15) is 5.60 Å². The molecule has 5 rings (SSSR count). The van der Waals surface area contributed by atoms with Crippen molar-refractivity contribution in [2.45, 2.75) is 45.6 Å². The minimum Gasteiger partial charge on any atom is -0.377 e.